The molecule has 0 radical (unpaired) electrons. The number of aromatic nitrogens is 2. The van der Waals surface area contributed by atoms with Gasteiger partial charge in [-0.25, -0.2) is 9.97 Å². The first-order valence-corrected chi connectivity index (χ1v) is 7.02. The molecule has 108 valence electrons. The van der Waals surface area contributed by atoms with Gasteiger partial charge in [0.05, 0.1) is 0 Å². The van der Waals surface area contributed by atoms with Crippen LogP contribution in [0.5, 0.6) is 0 Å². The van der Waals surface area contributed by atoms with Crippen molar-refractivity contribution in [3.63, 3.8) is 0 Å². The predicted molar refractivity (Wildman–Crippen MR) is 82.0 cm³/mol. The Hall–Kier alpha value is -1.36. The zero-order valence-electron chi connectivity index (χ0n) is 12.9. The number of rotatable bonds is 8. The maximum Gasteiger partial charge on any atom is 0.134 e. The van der Waals surface area contributed by atoms with Crippen molar-refractivity contribution in [2.24, 2.45) is 0 Å². The smallest absolute Gasteiger partial charge is 0.134 e. The Morgan fingerprint density at radius 1 is 1.11 bits per heavy atom. The second-order valence-corrected chi connectivity index (χ2v) is 5.00. The molecule has 0 bridgehead atoms. The molecule has 19 heavy (non-hydrogen) atoms. The fourth-order valence-electron chi connectivity index (χ4n) is 1.90. The van der Waals surface area contributed by atoms with Crippen molar-refractivity contribution >= 4 is 11.6 Å². The molecule has 5 nitrogen and oxygen atoms in total. The molecule has 0 spiro atoms. The minimum Gasteiger partial charge on any atom is -0.373 e. The van der Waals surface area contributed by atoms with E-state index in [1.807, 2.05) is 14.0 Å². The van der Waals surface area contributed by atoms with E-state index in [4.69, 9.17) is 0 Å². The van der Waals surface area contributed by atoms with Crippen LogP contribution in [-0.2, 0) is 6.42 Å². The van der Waals surface area contributed by atoms with Crippen LogP contribution in [0.1, 0.15) is 31.2 Å². The summed E-state index contributed by atoms with van der Waals surface area (Å²) in [6.07, 6.45) is 3.20. The molecule has 1 heterocycles. The van der Waals surface area contributed by atoms with Crippen molar-refractivity contribution < 1.29 is 0 Å². The molecule has 1 rings (SSSR count). The molecule has 2 N–H and O–H groups in total. The number of anilines is 2. The van der Waals surface area contributed by atoms with E-state index in [9.17, 15) is 0 Å². The van der Waals surface area contributed by atoms with Crippen molar-refractivity contribution in [3.05, 3.63) is 11.4 Å². The van der Waals surface area contributed by atoms with Crippen LogP contribution < -0.4 is 10.6 Å². The number of unbranched alkanes of at least 4 members (excludes halogenated alkanes) is 1. The van der Waals surface area contributed by atoms with E-state index in [-0.39, 0.29) is 0 Å². The minimum atomic E-state index is 0.851. The fraction of sp³-hybridized carbons (Fsp3) is 0.714. The van der Waals surface area contributed by atoms with Crippen molar-refractivity contribution in [2.45, 2.75) is 33.1 Å². The monoisotopic (exact) mass is 265 g/mol. The Kier molecular flexibility index (Phi) is 6.56. The van der Waals surface area contributed by atoms with Crippen LogP contribution in [0.2, 0.25) is 0 Å². The van der Waals surface area contributed by atoms with Gasteiger partial charge >= 0.3 is 0 Å². The van der Waals surface area contributed by atoms with Crippen LogP contribution in [0, 0.1) is 6.92 Å². The molecule has 0 atom stereocenters. The van der Waals surface area contributed by atoms with Crippen LogP contribution in [0.3, 0.4) is 0 Å². The lowest BCUT2D eigenvalue weighted by molar-refractivity contribution is 0.396. The number of nitrogens with zero attached hydrogens (tertiary/aromatic N) is 3. The maximum atomic E-state index is 4.56. The third-order valence-electron chi connectivity index (χ3n) is 3.07. The average Bonchev–Trinajstić information content (AvgIpc) is 2.39. The highest BCUT2D eigenvalue weighted by atomic mass is 15.1. The predicted octanol–water partition coefficient (Wildman–Crippen LogP) is 2.14. The van der Waals surface area contributed by atoms with Gasteiger partial charge in [-0.2, -0.15) is 0 Å². The number of hydrogen-bond acceptors (Lipinski definition) is 5. The normalized spacial score (nSPS) is 10.8. The SMILES string of the molecule is CCc1nc(NC)c(C)c(NCCCCN(C)C)n1. The number of hydrogen-bond donors (Lipinski definition) is 2. The van der Waals surface area contributed by atoms with Crippen molar-refractivity contribution in [3.8, 4) is 0 Å². The molecule has 0 aromatic carbocycles. The van der Waals surface area contributed by atoms with E-state index in [1.165, 1.54) is 6.42 Å². The van der Waals surface area contributed by atoms with E-state index < -0.39 is 0 Å². The van der Waals surface area contributed by atoms with Crippen LogP contribution in [0.4, 0.5) is 11.6 Å². The summed E-state index contributed by atoms with van der Waals surface area (Å²) in [6.45, 7) is 6.21. The van der Waals surface area contributed by atoms with Crippen molar-refractivity contribution in [2.75, 3.05) is 44.9 Å². The first-order valence-electron chi connectivity index (χ1n) is 7.02. The van der Waals surface area contributed by atoms with Gasteiger partial charge < -0.3 is 15.5 Å². The van der Waals surface area contributed by atoms with E-state index in [1.54, 1.807) is 0 Å². The van der Waals surface area contributed by atoms with Gasteiger partial charge in [-0.1, -0.05) is 6.92 Å². The summed E-state index contributed by atoms with van der Waals surface area (Å²) in [5.74, 6) is 2.76. The Morgan fingerprint density at radius 3 is 2.37 bits per heavy atom. The zero-order chi connectivity index (χ0) is 14.3. The summed E-state index contributed by atoms with van der Waals surface area (Å²) >= 11 is 0. The Bertz CT molecular complexity index is 390. The standard InChI is InChI=1S/C14H27N5/c1-6-12-17-13(15-3)11(2)14(18-12)16-9-7-8-10-19(4)5/h6-10H2,1-5H3,(H2,15,16,17,18). The van der Waals surface area contributed by atoms with Crippen LogP contribution in [-0.4, -0.2) is 49.1 Å². The first kappa shape index (κ1) is 15.7. The van der Waals surface area contributed by atoms with Gasteiger partial charge in [0.15, 0.2) is 0 Å². The summed E-state index contributed by atoms with van der Waals surface area (Å²) in [7, 11) is 6.11. The van der Waals surface area contributed by atoms with Gasteiger partial charge in [0.1, 0.15) is 17.5 Å². The van der Waals surface area contributed by atoms with E-state index >= 15 is 0 Å². The quantitative estimate of drug-likeness (QED) is 0.705. The fourth-order valence-corrected chi connectivity index (χ4v) is 1.90. The van der Waals surface area contributed by atoms with E-state index in [0.29, 0.717) is 0 Å². The van der Waals surface area contributed by atoms with Crippen LogP contribution in [0.25, 0.3) is 0 Å². The van der Waals surface area contributed by atoms with Gasteiger partial charge in [-0.05, 0) is 40.4 Å². The van der Waals surface area contributed by atoms with Crippen LogP contribution in [0.15, 0.2) is 0 Å². The average molecular weight is 265 g/mol. The zero-order valence-corrected chi connectivity index (χ0v) is 12.9. The molecule has 1 aromatic rings. The molecule has 0 saturated carbocycles. The molecule has 5 heteroatoms. The highest BCUT2D eigenvalue weighted by Gasteiger charge is 2.08. The van der Waals surface area contributed by atoms with Gasteiger partial charge in [0.25, 0.3) is 0 Å². The lowest BCUT2D eigenvalue weighted by atomic mass is 10.2. The van der Waals surface area contributed by atoms with E-state index in [2.05, 4.69) is 46.5 Å². The topological polar surface area (TPSA) is 53.1 Å². The second-order valence-electron chi connectivity index (χ2n) is 5.00. The first-order chi connectivity index (χ1) is 9.08. The molecular weight excluding hydrogens is 238 g/mol. The highest BCUT2D eigenvalue weighted by Crippen LogP contribution is 2.19. The summed E-state index contributed by atoms with van der Waals surface area (Å²) in [5.41, 5.74) is 1.09. The molecule has 0 amide bonds. The molecule has 0 aliphatic rings. The minimum absolute atomic E-state index is 0.851. The summed E-state index contributed by atoms with van der Waals surface area (Å²) < 4.78 is 0. The van der Waals surface area contributed by atoms with Gasteiger partial charge in [-0.15, -0.1) is 0 Å². The highest BCUT2D eigenvalue weighted by molar-refractivity contribution is 5.56. The largest absolute Gasteiger partial charge is 0.373 e. The lowest BCUT2D eigenvalue weighted by Crippen LogP contribution is -2.15. The Balaban J connectivity index is 2.57. The number of nitrogens with one attached hydrogen (secondary N) is 2. The Labute approximate surface area is 116 Å². The lowest BCUT2D eigenvalue weighted by Gasteiger charge is -2.14. The van der Waals surface area contributed by atoms with Crippen molar-refractivity contribution in [1.82, 2.24) is 14.9 Å². The van der Waals surface area contributed by atoms with Gasteiger partial charge in [0, 0.05) is 25.6 Å². The maximum absolute atomic E-state index is 4.56. The summed E-state index contributed by atoms with van der Waals surface area (Å²) in [4.78, 5) is 11.2. The summed E-state index contributed by atoms with van der Waals surface area (Å²) in [5, 5.41) is 6.56. The summed E-state index contributed by atoms with van der Waals surface area (Å²) in [6, 6.07) is 0. The third-order valence-corrected chi connectivity index (χ3v) is 3.07. The van der Waals surface area contributed by atoms with Crippen molar-refractivity contribution in [1.29, 1.82) is 0 Å². The second kappa shape index (κ2) is 7.94. The molecule has 0 saturated heterocycles. The number of aryl methyl sites for hydroxylation is 1. The molecule has 0 aliphatic heterocycles. The Morgan fingerprint density at radius 2 is 1.79 bits per heavy atom. The molecule has 0 aliphatic carbocycles. The molecule has 0 fully saturated rings. The van der Waals surface area contributed by atoms with E-state index in [0.717, 1.165) is 49.0 Å². The van der Waals surface area contributed by atoms with Gasteiger partial charge in [-0.3, -0.25) is 0 Å². The molecule has 1 aromatic heterocycles. The van der Waals surface area contributed by atoms with Gasteiger partial charge in [0.2, 0.25) is 0 Å². The third kappa shape index (κ3) is 5.03. The molecular formula is C14H27N5. The molecule has 0 unspecified atom stereocenters. The van der Waals surface area contributed by atoms with Crippen LogP contribution >= 0.6 is 0 Å².